The van der Waals surface area contributed by atoms with Crippen LogP contribution in [0.3, 0.4) is 0 Å². The summed E-state index contributed by atoms with van der Waals surface area (Å²) in [5.74, 6) is 1.06. The number of fused-ring (bicyclic) bond motifs is 1. The maximum atomic E-state index is 11.7. The van der Waals surface area contributed by atoms with Gasteiger partial charge in [0.15, 0.2) is 5.78 Å². The molecule has 0 saturated carbocycles. The van der Waals surface area contributed by atoms with Crippen LogP contribution in [0.1, 0.15) is 34.5 Å². The third-order valence-corrected chi connectivity index (χ3v) is 3.53. The van der Waals surface area contributed by atoms with Crippen molar-refractivity contribution in [3.8, 4) is 5.75 Å². The summed E-state index contributed by atoms with van der Waals surface area (Å²) in [4.78, 5) is 15.8. The van der Waals surface area contributed by atoms with Crippen LogP contribution in [0.5, 0.6) is 5.75 Å². The van der Waals surface area contributed by atoms with E-state index in [1.165, 1.54) is 0 Å². The van der Waals surface area contributed by atoms with Crippen LogP contribution in [0.4, 0.5) is 0 Å². The summed E-state index contributed by atoms with van der Waals surface area (Å²) in [7, 11) is 1.94. The Morgan fingerprint density at radius 1 is 1.37 bits per heavy atom. The number of nitrogens with zero attached hydrogens (tertiary/aromatic N) is 2. The van der Waals surface area contributed by atoms with Gasteiger partial charge in [-0.25, -0.2) is 4.98 Å². The summed E-state index contributed by atoms with van der Waals surface area (Å²) in [6.07, 6.45) is 6.12. The van der Waals surface area contributed by atoms with E-state index in [-0.39, 0.29) is 5.78 Å². The number of Topliss-reactive ketones (excluding diaryl/α,β-unsaturated/α-hetero) is 1. The van der Waals surface area contributed by atoms with Gasteiger partial charge in [0.1, 0.15) is 12.4 Å². The predicted molar refractivity (Wildman–Crippen MR) is 71.3 cm³/mol. The second kappa shape index (κ2) is 4.88. The molecule has 3 rings (SSSR count). The van der Waals surface area contributed by atoms with Gasteiger partial charge in [-0.3, -0.25) is 4.79 Å². The van der Waals surface area contributed by atoms with Crippen LogP contribution in [-0.4, -0.2) is 15.3 Å². The van der Waals surface area contributed by atoms with Crippen molar-refractivity contribution in [2.24, 2.45) is 7.05 Å². The van der Waals surface area contributed by atoms with Crippen molar-refractivity contribution in [3.05, 3.63) is 47.5 Å². The van der Waals surface area contributed by atoms with E-state index in [4.69, 9.17) is 4.74 Å². The first-order valence-electron chi connectivity index (χ1n) is 6.48. The molecular formula is C15H16N2O2. The number of imidazole rings is 1. The number of aryl methyl sites for hydroxylation is 2. The maximum Gasteiger partial charge on any atom is 0.163 e. The summed E-state index contributed by atoms with van der Waals surface area (Å²) in [6, 6.07) is 5.75. The molecule has 98 valence electrons. The summed E-state index contributed by atoms with van der Waals surface area (Å²) in [5, 5.41) is 0. The molecule has 2 aromatic rings. The van der Waals surface area contributed by atoms with Gasteiger partial charge in [-0.05, 0) is 36.6 Å². The van der Waals surface area contributed by atoms with E-state index < -0.39 is 0 Å². The third kappa shape index (κ3) is 2.38. The Labute approximate surface area is 112 Å². The van der Waals surface area contributed by atoms with E-state index >= 15 is 0 Å². The first kappa shape index (κ1) is 12.0. The summed E-state index contributed by atoms with van der Waals surface area (Å²) in [5.41, 5.74) is 2.99. The number of ketones is 1. The van der Waals surface area contributed by atoms with Gasteiger partial charge in [0, 0.05) is 19.0 Å². The zero-order chi connectivity index (χ0) is 13.2. The van der Waals surface area contributed by atoms with Crippen molar-refractivity contribution in [1.29, 1.82) is 0 Å². The van der Waals surface area contributed by atoms with E-state index in [0.29, 0.717) is 13.0 Å². The zero-order valence-corrected chi connectivity index (χ0v) is 10.9. The zero-order valence-electron chi connectivity index (χ0n) is 10.9. The fourth-order valence-electron chi connectivity index (χ4n) is 2.39. The summed E-state index contributed by atoms with van der Waals surface area (Å²) in [6.45, 7) is 0.489. The topological polar surface area (TPSA) is 44.1 Å². The number of aromatic nitrogens is 2. The van der Waals surface area contributed by atoms with Gasteiger partial charge in [-0.2, -0.15) is 0 Å². The molecule has 0 fully saturated rings. The maximum absolute atomic E-state index is 11.7. The smallest absolute Gasteiger partial charge is 0.163 e. The van der Waals surface area contributed by atoms with Gasteiger partial charge in [0.25, 0.3) is 0 Å². The molecular weight excluding hydrogens is 240 g/mol. The monoisotopic (exact) mass is 256 g/mol. The van der Waals surface area contributed by atoms with Gasteiger partial charge in [-0.1, -0.05) is 0 Å². The van der Waals surface area contributed by atoms with Gasteiger partial charge in [0.05, 0.1) is 18.2 Å². The highest BCUT2D eigenvalue weighted by Crippen LogP contribution is 2.25. The molecule has 0 radical (unpaired) electrons. The van der Waals surface area contributed by atoms with Gasteiger partial charge in [0.2, 0.25) is 0 Å². The van der Waals surface area contributed by atoms with Crippen LogP contribution in [0.25, 0.3) is 0 Å². The molecule has 0 amide bonds. The molecule has 4 heteroatoms. The van der Waals surface area contributed by atoms with Crippen molar-refractivity contribution in [3.63, 3.8) is 0 Å². The van der Waals surface area contributed by atoms with E-state index in [2.05, 4.69) is 4.98 Å². The molecule has 0 spiro atoms. The number of rotatable bonds is 3. The molecule has 0 unspecified atom stereocenters. The highest BCUT2D eigenvalue weighted by molar-refractivity contribution is 5.98. The Kier molecular flexibility index (Phi) is 3.07. The number of hydrogen-bond donors (Lipinski definition) is 0. The lowest BCUT2D eigenvalue weighted by Crippen LogP contribution is -2.10. The fraction of sp³-hybridized carbons (Fsp3) is 0.333. The molecule has 1 aromatic carbocycles. The Bertz CT molecular complexity index is 616. The fourth-order valence-corrected chi connectivity index (χ4v) is 2.39. The molecule has 19 heavy (non-hydrogen) atoms. The number of ether oxygens (including phenoxy) is 1. The minimum atomic E-state index is 0.249. The Morgan fingerprint density at radius 2 is 2.26 bits per heavy atom. The minimum Gasteiger partial charge on any atom is -0.487 e. The Hall–Kier alpha value is -2.10. The normalized spacial score (nSPS) is 14.3. The number of carbonyl (C=O) groups excluding carboxylic acids is 1. The number of benzene rings is 1. The van der Waals surface area contributed by atoms with Crippen molar-refractivity contribution in [2.75, 3.05) is 0 Å². The van der Waals surface area contributed by atoms with Crippen molar-refractivity contribution in [1.82, 2.24) is 9.55 Å². The predicted octanol–water partition coefficient (Wildman–Crippen LogP) is 2.52. The van der Waals surface area contributed by atoms with Crippen LogP contribution in [0, 0.1) is 0 Å². The highest BCUT2D eigenvalue weighted by Gasteiger charge is 2.17. The molecule has 4 nitrogen and oxygen atoms in total. The number of hydrogen-bond acceptors (Lipinski definition) is 3. The van der Waals surface area contributed by atoms with Crippen LogP contribution in [0.2, 0.25) is 0 Å². The van der Waals surface area contributed by atoms with Crippen LogP contribution >= 0.6 is 0 Å². The number of carbonyl (C=O) groups is 1. The molecule has 0 N–H and O–H groups in total. The second-order valence-corrected chi connectivity index (χ2v) is 4.88. The lowest BCUT2D eigenvalue weighted by Gasteiger charge is -2.16. The SMILES string of the molecule is Cn1cncc1COc1ccc2c(c1)CCCC2=O. The van der Waals surface area contributed by atoms with Gasteiger partial charge >= 0.3 is 0 Å². The lowest BCUT2D eigenvalue weighted by atomic mass is 9.90. The van der Waals surface area contributed by atoms with Crippen LogP contribution in [0.15, 0.2) is 30.7 Å². The molecule has 1 heterocycles. The highest BCUT2D eigenvalue weighted by atomic mass is 16.5. The molecule has 0 saturated heterocycles. The van der Waals surface area contributed by atoms with Crippen molar-refractivity contribution >= 4 is 5.78 Å². The standard InChI is InChI=1S/C15H16N2O2/c1-17-10-16-8-12(17)9-19-13-5-6-14-11(7-13)3-2-4-15(14)18/h5-8,10H,2-4,9H2,1H3. The first-order chi connectivity index (χ1) is 9.24. The molecule has 1 aliphatic carbocycles. The van der Waals surface area contributed by atoms with Gasteiger partial charge < -0.3 is 9.30 Å². The summed E-state index contributed by atoms with van der Waals surface area (Å²) >= 11 is 0. The molecule has 1 aliphatic rings. The molecule has 0 atom stereocenters. The average Bonchev–Trinajstić information content (AvgIpc) is 2.82. The van der Waals surface area contributed by atoms with Gasteiger partial charge in [-0.15, -0.1) is 0 Å². The second-order valence-electron chi connectivity index (χ2n) is 4.88. The molecule has 0 aliphatic heterocycles. The average molecular weight is 256 g/mol. The van der Waals surface area contributed by atoms with Crippen LogP contribution in [-0.2, 0) is 20.1 Å². The van der Waals surface area contributed by atoms with E-state index in [1.807, 2.05) is 29.8 Å². The van der Waals surface area contributed by atoms with E-state index in [9.17, 15) is 4.79 Å². The minimum absolute atomic E-state index is 0.249. The van der Waals surface area contributed by atoms with Crippen molar-refractivity contribution in [2.45, 2.75) is 25.9 Å². The lowest BCUT2D eigenvalue weighted by molar-refractivity contribution is 0.0972. The Morgan fingerprint density at radius 3 is 3.05 bits per heavy atom. The molecule has 0 bridgehead atoms. The largest absolute Gasteiger partial charge is 0.487 e. The molecule has 1 aromatic heterocycles. The first-order valence-corrected chi connectivity index (χ1v) is 6.48. The van der Waals surface area contributed by atoms with Crippen LogP contribution < -0.4 is 4.74 Å². The van der Waals surface area contributed by atoms with E-state index in [1.54, 1.807) is 12.5 Å². The van der Waals surface area contributed by atoms with E-state index in [0.717, 1.165) is 35.4 Å². The Balaban J connectivity index is 1.76. The summed E-state index contributed by atoms with van der Waals surface area (Å²) < 4.78 is 7.69. The third-order valence-electron chi connectivity index (χ3n) is 3.53. The van der Waals surface area contributed by atoms with Crippen molar-refractivity contribution < 1.29 is 9.53 Å². The quantitative estimate of drug-likeness (QED) is 0.847.